The van der Waals surface area contributed by atoms with E-state index in [9.17, 15) is 18.0 Å². The first-order chi connectivity index (χ1) is 16.3. The number of sulfonamides is 1. The van der Waals surface area contributed by atoms with Gasteiger partial charge in [-0.05, 0) is 50.6 Å². The molecule has 11 heteroatoms. The highest BCUT2D eigenvalue weighted by atomic mass is 35.5. The molecule has 182 valence electrons. The van der Waals surface area contributed by atoms with E-state index in [0.29, 0.717) is 33.4 Å². The summed E-state index contributed by atoms with van der Waals surface area (Å²) in [4.78, 5) is 29.0. The second-order valence-corrected chi connectivity index (χ2v) is 10.3. The van der Waals surface area contributed by atoms with Crippen molar-refractivity contribution in [2.75, 3.05) is 5.32 Å². The van der Waals surface area contributed by atoms with Crippen molar-refractivity contribution in [2.24, 2.45) is 12.2 Å². The zero-order valence-electron chi connectivity index (χ0n) is 19.4. The van der Waals surface area contributed by atoms with Gasteiger partial charge in [0.1, 0.15) is 16.5 Å². The molecule has 1 atom stereocenters. The van der Waals surface area contributed by atoms with Gasteiger partial charge in [-0.3, -0.25) is 9.59 Å². The maximum atomic E-state index is 13.0. The number of hydrogen-bond donors (Lipinski definition) is 2. The van der Waals surface area contributed by atoms with E-state index >= 15 is 0 Å². The summed E-state index contributed by atoms with van der Waals surface area (Å²) in [6, 6.07) is 9.04. The molecule has 0 aliphatic carbocycles. The van der Waals surface area contributed by atoms with Gasteiger partial charge in [-0.25, -0.2) is 18.5 Å². The van der Waals surface area contributed by atoms with E-state index < -0.39 is 21.1 Å². The molecule has 0 bridgehead atoms. The number of pyridine rings is 2. The molecule has 4 rings (SSSR count). The zero-order chi connectivity index (χ0) is 25.7. The molecule has 3 N–H and O–H groups in total. The summed E-state index contributed by atoms with van der Waals surface area (Å²) in [5.41, 5.74) is 2.63. The average molecular weight is 515 g/mol. The number of nitrogens with zero attached hydrogens (tertiary/aromatic N) is 2. The Hall–Kier alpha value is -3.47. The predicted octanol–water partition coefficient (Wildman–Crippen LogP) is 3.64. The lowest BCUT2D eigenvalue weighted by Gasteiger charge is -2.19. The highest BCUT2D eigenvalue weighted by Gasteiger charge is 2.21. The van der Waals surface area contributed by atoms with E-state index in [2.05, 4.69) is 10.3 Å². The lowest BCUT2D eigenvalue weighted by atomic mass is 10.0. The van der Waals surface area contributed by atoms with Gasteiger partial charge >= 0.3 is 0 Å². The summed E-state index contributed by atoms with van der Waals surface area (Å²) >= 11 is 5.87. The van der Waals surface area contributed by atoms with Crippen molar-refractivity contribution >= 4 is 38.3 Å². The van der Waals surface area contributed by atoms with Crippen molar-refractivity contribution in [1.29, 1.82) is 0 Å². The van der Waals surface area contributed by atoms with Crippen molar-refractivity contribution in [2.45, 2.75) is 31.8 Å². The molecule has 0 radical (unpaired) electrons. The molecule has 0 saturated carbocycles. The van der Waals surface area contributed by atoms with E-state index in [1.54, 1.807) is 39.2 Å². The Morgan fingerprint density at radius 1 is 1.14 bits per heavy atom. The first kappa shape index (κ1) is 24.6. The maximum absolute atomic E-state index is 13.0. The van der Waals surface area contributed by atoms with Crippen LogP contribution in [0.4, 0.5) is 5.69 Å². The largest absolute Gasteiger partial charge is 0.455 e. The molecule has 3 aromatic heterocycles. The van der Waals surface area contributed by atoms with Gasteiger partial charge in [-0.15, -0.1) is 0 Å². The number of primary sulfonamides is 1. The third-order valence-corrected chi connectivity index (χ3v) is 6.64. The van der Waals surface area contributed by atoms with Crippen LogP contribution in [0.3, 0.4) is 0 Å². The molecule has 1 aromatic carbocycles. The number of rotatable bonds is 5. The van der Waals surface area contributed by atoms with Crippen LogP contribution in [0, 0.1) is 13.8 Å². The number of halogens is 1. The van der Waals surface area contributed by atoms with Gasteiger partial charge in [-0.1, -0.05) is 17.7 Å². The van der Waals surface area contributed by atoms with Gasteiger partial charge in [0, 0.05) is 36.0 Å². The Balaban J connectivity index is 1.89. The van der Waals surface area contributed by atoms with Gasteiger partial charge in [0.05, 0.1) is 17.1 Å². The van der Waals surface area contributed by atoms with Crippen LogP contribution in [0.15, 0.2) is 61.6 Å². The van der Waals surface area contributed by atoms with Crippen molar-refractivity contribution in [3.63, 3.8) is 0 Å². The Labute approximate surface area is 206 Å². The highest BCUT2D eigenvalue weighted by Crippen LogP contribution is 2.32. The monoisotopic (exact) mass is 514 g/mol. The van der Waals surface area contributed by atoms with Gasteiger partial charge in [0.15, 0.2) is 10.5 Å². The van der Waals surface area contributed by atoms with Crippen molar-refractivity contribution < 1.29 is 12.8 Å². The number of nitrogens with one attached hydrogen (secondary N) is 1. The Morgan fingerprint density at radius 3 is 2.51 bits per heavy atom. The number of nitrogens with two attached hydrogens (primary N) is 1. The average Bonchev–Trinajstić information content (AvgIpc) is 2.77. The number of benzene rings is 1. The fourth-order valence-corrected chi connectivity index (χ4v) is 4.82. The lowest BCUT2D eigenvalue weighted by molar-refractivity contribution is 0.594. The van der Waals surface area contributed by atoms with Gasteiger partial charge in [0.2, 0.25) is 0 Å². The number of aromatic nitrogens is 2. The van der Waals surface area contributed by atoms with E-state index in [1.807, 2.05) is 13.0 Å². The summed E-state index contributed by atoms with van der Waals surface area (Å²) in [6.45, 7) is 5.33. The normalized spacial score (nSPS) is 12.6. The van der Waals surface area contributed by atoms with Crippen molar-refractivity contribution in [3.8, 4) is 11.3 Å². The summed E-state index contributed by atoms with van der Waals surface area (Å²) in [5.74, 6) is 0.303. The maximum Gasteiger partial charge on any atom is 0.257 e. The fourth-order valence-electron chi connectivity index (χ4n) is 3.97. The highest BCUT2D eigenvalue weighted by molar-refractivity contribution is 7.89. The molecule has 0 amide bonds. The number of fused-ring (bicyclic) bond motifs is 1. The van der Waals surface area contributed by atoms with Gasteiger partial charge in [0.25, 0.3) is 15.6 Å². The lowest BCUT2D eigenvalue weighted by Crippen LogP contribution is -2.19. The Bertz CT molecular complexity index is 1680. The molecule has 3 heterocycles. The molecule has 0 aliphatic heterocycles. The van der Waals surface area contributed by atoms with E-state index in [0.717, 1.165) is 5.56 Å². The Morgan fingerprint density at radius 2 is 1.86 bits per heavy atom. The van der Waals surface area contributed by atoms with E-state index in [1.165, 1.54) is 22.8 Å². The first-order valence-corrected chi connectivity index (χ1v) is 12.5. The van der Waals surface area contributed by atoms with Crippen LogP contribution in [-0.2, 0) is 17.1 Å². The van der Waals surface area contributed by atoms with Crippen LogP contribution in [0.1, 0.15) is 29.7 Å². The fraction of sp³-hybridized carbons (Fsp3) is 0.208. The second-order valence-electron chi connectivity index (χ2n) is 8.43. The molecule has 4 aromatic rings. The van der Waals surface area contributed by atoms with E-state index in [-0.39, 0.29) is 21.8 Å². The molecular weight excluding hydrogens is 492 g/mol. The molecule has 0 saturated heterocycles. The zero-order valence-corrected chi connectivity index (χ0v) is 21.0. The van der Waals surface area contributed by atoms with Crippen LogP contribution in [0.25, 0.3) is 22.3 Å². The Kier molecular flexibility index (Phi) is 6.31. The molecule has 0 aliphatic rings. The number of aryl methyl sites for hydroxylation is 3. The van der Waals surface area contributed by atoms with Gasteiger partial charge < -0.3 is 14.3 Å². The standard InChI is InChI=1S/C24H23ClN4O5S/c1-12-7-16(14(3)27-18-5-6-21(25)28-23(18)35(26,32)33)22-17(8-12)19(30)10-20(34-22)15-9-13(2)24(31)29(4)11-15/h5-11,14,27H,1-4H3,(H2,26,32,33). The minimum atomic E-state index is -4.15. The van der Waals surface area contributed by atoms with Crippen LogP contribution in [-0.4, -0.2) is 18.0 Å². The molecule has 35 heavy (non-hydrogen) atoms. The van der Waals surface area contributed by atoms with Crippen molar-refractivity contribution in [1.82, 2.24) is 9.55 Å². The summed E-state index contributed by atoms with van der Waals surface area (Å²) in [6.07, 6.45) is 1.60. The smallest absolute Gasteiger partial charge is 0.257 e. The summed E-state index contributed by atoms with van der Waals surface area (Å²) in [5, 5.41) is 8.38. The minimum Gasteiger partial charge on any atom is -0.455 e. The third kappa shape index (κ3) is 4.86. The summed E-state index contributed by atoms with van der Waals surface area (Å²) in [7, 11) is -2.53. The molecule has 9 nitrogen and oxygen atoms in total. The minimum absolute atomic E-state index is 0.0172. The number of hydrogen-bond acceptors (Lipinski definition) is 7. The topological polar surface area (TPSA) is 137 Å². The first-order valence-electron chi connectivity index (χ1n) is 10.6. The molecule has 0 spiro atoms. The molecule has 0 fully saturated rings. The van der Waals surface area contributed by atoms with Crippen LogP contribution in [0.2, 0.25) is 5.15 Å². The second kappa shape index (κ2) is 8.95. The van der Waals surface area contributed by atoms with Crippen LogP contribution < -0.4 is 21.4 Å². The summed E-state index contributed by atoms with van der Waals surface area (Å²) < 4.78 is 31.7. The SMILES string of the molecule is Cc1cc(C(C)Nc2ccc(Cl)nc2S(N)(=O)=O)c2oc(-c3cc(C)c(=O)n(C)c3)cc(=O)c2c1. The van der Waals surface area contributed by atoms with E-state index in [4.69, 9.17) is 21.2 Å². The third-order valence-electron chi connectivity index (χ3n) is 5.58. The molecule has 1 unspecified atom stereocenters. The predicted molar refractivity (Wildman–Crippen MR) is 135 cm³/mol. The quantitative estimate of drug-likeness (QED) is 0.388. The van der Waals surface area contributed by atoms with Crippen LogP contribution in [0.5, 0.6) is 0 Å². The molecular formula is C24H23ClN4O5S. The number of anilines is 1. The van der Waals surface area contributed by atoms with Crippen LogP contribution >= 0.6 is 11.6 Å². The van der Waals surface area contributed by atoms with Crippen molar-refractivity contribution in [3.05, 3.63) is 85.0 Å². The van der Waals surface area contributed by atoms with Gasteiger partial charge in [-0.2, -0.15) is 0 Å².